The molecule has 2 rings (SSSR count). The minimum Gasteiger partial charge on any atom is -0.457 e. The van der Waals surface area contributed by atoms with Gasteiger partial charge in [0, 0.05) is 0 Å². The van der Waals surface area contributed by atoms with Gasteiger partial charge in [0.15, 0.2) is 0 Å². The average Bonchev–Trinajstić information content (AvgIpc) is 2.50. The number of nitrogens with zero attached hydrogens (tertiary/aromatic N) is 1. The fourth-order valence-electron chi connectivity index (χ4n) is 1.71. The molecule has 0 aliphatic carbocycles. The molecule has 2 aromatic rings. The van der Waals surface area contributed by atoms with Crippen LogP contribution in [0.5, 0.6) is 11.5 Å². The fraction of sp³-hybridized carbons (Fsp3) is 0.0714. The van der Waals surface area contributed by atoms with Crippen LogP contribution in [-0.2, 0) is 6.18 Å². The first kappa shape index (κ1) is 16.2. The van der Waals surface area contributed by atoms with Crippen molar-refractivity contribution in [3.05, 3.63) is 54.1 Å². The lowest BCUT2D eigenvalue weighted by Crippen LogP contribution is -2.41. The van der Waals surface area contributed by atoms with Gasteiger partial charge >= 0.3 is 6.18 Å². The molecule has 0 amide bonds. The Morgan fingerprint density at radius 2 is 1.77 bits per heavy atom. The first-order valence-corrected chi connectivity index (χ1v) is 6.57. The van der Waals surface area contributed by atoms with Crippen LogP contribution in [0.15, 0.2) is 48.5 Å². The molecule has 3 N–H and O–H groups in total. The van der Waals surface area contributed by atoms with Gasteiger partial charge in [-0.1, -0.05) is 18.3 Å². The Morgan fingerprint density at radius 1 is 1.09 bits per heavy atom. The Bertz CT molecular complexity index is 647. The quantitative estimate of drug-likeness (QED) is 0.499. The van der Waals surface area contributed by atoms with E-state index in [0.717, 1.165) is 12.1 Å². The number of nitrogens with two attached hydrogens (primary N) is 1. The van der Waals surface area contributed by atoms with Crippen molar-refractivity contribution in [1.82, 2.24) is 5.53 Å². The summed E-state index contributed by atoms with van der Waals surface area (Å²) in [5, 5.41) is 1.39. The van der Waals surface area contributed by atoms with E-state index in [-0.39, 0.29) is 5.75 Å². The number of thiocarbonyl (C=S) groups is 1. The van der Waals surface area contributed by atoms with E-state index >= 15 is 0 Å². The highest BCUT2D eigenvalue weighted by molar-refractivity contribution is 7.79. The lowest BCUT2D eigenvalue weighted by Gasteiger charge is -2.17. The number of benzene rings is 2. The zero-order valence-electron chi connectivity index (χ0n) is 11.2. The average molecular weight is 327 g/mol. The number of hydrazine groups is 2. The summed E-state index contributed by atoms with van der Waals surface area (Å²) < 4.78 is 43.3. The highest BCUT2D eigenvalue weighted by Gasteiger charge is 2.30. The van der Waals surface area contributed by atoms with Crippen molar-refractivity contribution in [3.8, 4) is 11.5 Å². The molecule has 0 aromatic heterocycles. The first-order valence-electron chi connectivity index (χ1n) is 6.10. The third kappa shape index (κ3) is 3.94. The van der Waals surface area contributed by atoms with Crippen LogP contribution in [0.2, 0.25) is 0 Å². The van der Waals surface area contributed by atoms with E-state index in [1.54, 1.807) is 24.3 Å². The molecular formula is C14H12F3N3OS. The Morgan fingerprint density at radius 3 is 2.32 bits per heavy atom. The van der Waals surface area contributed by atoms with Gasteiger partial charge in [0.25, 0.3) is 0 Å². The first-order chi connectivity index (χ1) is 10.4. The molecule has 0 spiro atoms. The lowest BCUT2D eigenvalue weighted by molar-refractivity contribution is -0.137. The summed E-state index contributed by atoms with van der Waals surface area (Å²) in [7, 11) is 0. The van der Waals surface area contributed by atoms with E-state index in [4.69, 9.17) is 22.8 Å². The van der Waals surface area contributed by atoms with Gasteiger partial charge in [0.1, 0.15) is 11.5 Å². The van der Waals surface area contributed by atoms with Gasteiger partial charge in [0.05, 0.1) is 16.7 Å². The van der Waals surface area contributed by atoms with Crippen LogP contribution in [0, 0.1) is 0 Å². The molecule has 0 atom stereocenters. The number of hydrogen-bond donors (Lipinski definition) is 2. The van der Waals surface area contributed by atoms with Gasteiger partial charge in [-0.05, 0) is 42.5 Å². The van der Waals surface area contributed by atoms with E-state index in [9.17, 15) is 13.2 Å². The van der Waals surface area contributed by atoms with Crippen LogP contribution in [0.25, 0.3) is 0 Å². The third-order valence-electron chi connectivity index (χ3n) is 2.76. The van der Waals surface area contributed by atoms with Crippen LogP contribution in [0.1, 0.15) is 5.56 Å². The van der Waals surface area contributed by atoms with Crippen molar-refractivity contribution in [1.29, 1.82) is 0 Å². The van der Waals surface area contributed by atoms with E-state index in [1.807, 2.05) is 0 Å². The van der Waals surface area contributed by atoms with Crippen molar-refractivity contribution < 1.29 is 17.9 Å². The standard InChI is InChI=1S/C14H12F3N3OS/c15-14(16,17)10-2-1-3-13(8-10)21-12-6-4-11(5-7-12)20(9-22)19-18/h1-9,19H,18H2. The van der Waals surface area contributed by atoms with Gasteiger partial charge in [-0.2, -0.15) is 18.7 Å². The summed E-state index contributed by atoms with van der Waals surface area (Å²) >= 11 is 4.76. The highest BCUT2D eigenvalue weighted by atomic mass is 32.1. The minimum atomic E-state index is -4.41. The minimum absolute atomic E-state index is 0.103. The second-order valence-electron chi connectivity index (χ2n) is 4.23. The molecule has 0 saturated carbocycles. The van der Waals surface area contributed by atoms with Gasteiger partial charge in [0.2, 0.25) is 0 Å². The molecule has 22 heavy (non-hydrogen) atoms. The monoisotopic (exact) mass is 327 g/mol. The molecule has 0 aliphatic heterocycles. The number of ether oxygens (including phenoxy) is 1. The summed E-state index contributed by atoms with van der Waals surface area (Å²) in [6, 6.07) is 11.2. The SMILES string of the molecule is NNN(C=S)c1ccc(Oc2cccc(C(F)(F)F)c2)cc1. The van der Waals surface area contributed by atoms with Crippen LogP contribution >= 0.6 is 12.2 Å². The van der Waals surface area contributed by atoms with Gasteiger partial charge in [-0.15, -0.1) is 0 Å². The molecule has 0 aliphatic rings. The highest BCUT2D eigenvalue weighted by Crippen LogP contribution is 2.32. The van der Waals surface area contributed by atoms with Crippen LogP contribution < -0.4 is 21.1 Å². The fourth-order valence-corrected chi connectivity index (χ4v) is 1.90. The number of anilines is 1. The largest absolute Gasteiger partial charge is 0.457 e. The molecule has 0 fully saturated rings. The van der Waals surface area contributed by atoms with E-state index in [2.05, 4.69) is 5.53 Å². The molecule has 0 bridgehead atoms. The topological polar surface area (TPSA) is 50.5 Å². The van der Waals surface area contributed by atoms with Crippen molar-refractivity contribution in [3.63, 3.8) is 0 Å². The molecule has 0 unspecified atom stereocenters. The van der Waals surface area contributed by atoms with E-state index in [1.165, 1.54) is 22.6 Å². The smallest absolute Gasteiger partial charge is 0.416 e. The molecule has 0 saturated heterocycles. The van der Waals surface area contributed by atoms with Gasteiger partial charge < -0.3 is 4.74 Å². The third-order valence-corrected chi connectivity index (χ3v) is 2.97. The van der Waals surface area contributed by atoms with Crippen molar-refractivity contribution in [2.75, 3.05) is 5.01 Å². The van der Waals surface area contributed by atoms with Crippen molar-refractivity contribution in [2.24, 2.45) is 5.84 Å². The van der Waals surface area contributed by atoms with Crippen LogP contribution in [-0.4, -0.2) is 5.49 Å². The summed E-state index contributed by atoms with van der Waals surface area (Å²) in [4.78, 5) is 0. The Kier molecular flexibility index (Phi) is 4.96. The predicted octanol–water partition coefficient (Wildman–Crippen LogP) is 3.64. The van der Waals surface area contributed by atoms with E-state index in [0.29, 0.717) is 11.4 Å². The normalized spacial score (nSPS) is 11.1. The zero-order valence-corrected chi connectivity index (χ0v) is 12.0. The van der Waals surface area contributed by atoms with E-state index < -0.39 is 11.7 Å². The number of hydrogen-bond acceptors (Lipinski definition) is 4. The molecule has 8 heteroatoms. The summed E-state index contributed by atoms with van der Waals surface area (Å²) in [6.45, 7) is 0. The van der Waals surface area contributed by atoms with Crippen molar-refractivity contribution >= 4 is 23.4 Å². The Labute approximate surface area is 130 Å². The lowest BCUT2D eigenvalue weighted by atomic mass is 10.2. The van der Waals surface area contributed by atoms with Crippen LogP contribution in [0.4, 0.5) is 18.9 Å². The second-order valence-corrected chi connectivity index (χ2v) is 4.44. The zero-order chi connectivity index (χ0) is 16.2. The number of halogens is 3. The summed E-state index contributed by atoms with van der Waals surface area (Å²) in [5.74, 6) is 5.77. The molecule has 0 heterocycles. The predicted molar refractivity (Wildman–Crippen MR) is 81.4 cm³/mol. The number of alkyl halides is 3. The molecule has 116 valence electrons. The van der Waals surface area contributed by atoms with Crippen molar-refractivity contribution in [2.45, 2.75) is 6.18 Å². The van der Waals surface area contributed by atoms with Gasteiger partial charge in [-0.25, -0.2) is 0 Å². The Hall–Kier alpha value is -2.16. The number of nitrogens with one attached hydrogen (secondary N) is 1. The molecule has 4 nitrogen and oxygen atoms in total. The molecule has 2 aromatic carbocycles. The molecular weight excluding hydrogens is 315 g/mol. The van der Waals surface area contributed by atoms with Gasteiger partial charge in [-0.3, -0.25) is 10.9 Å². The summed E-state index contributed by atoms with van der Waals surface area (Å²) in [5.41, 5.74) is 3.58. The number of rotatable bonds is 5. The van der Waals surface area contributed by atoms with Crippen LogP contribution in [0.3, 0.4) is 0 Å². The maximum Gasteiger partial charge on any atom is 0.416 e. The molecule has 0 radical (unpaired) electrons. The second kappa shape index (κ2) is 6.73. The maximum atomic E-state index is 12.6. The summed E-state index contributed by atoms with van der Waals surface area (Å²) in [6.07, 6.45) is -4.41. The Balaban J connectivity index is 2.16. The maximum absolute atomic E-state index is 12.6.